The summed E-state index contributed by atoms with van der Waals surface area (Å²) in [7, 11) is -2.59. The lowest BCUT2D eigenvalue weighted by Gasteiger charge is -2.14. The van der Waals surface area contributed by atoms with Gasteiger partial charge < -0.3 is 10.1 Å². The summed E-state index contributed by atoms with van der Waals surface area (Å²) in [5.41, 5.74) is 1.16. The third-order valence-electron chi connectivity index (χ3n) is 4.36. The van der Waals surface area contributed by atoms with Crippen molar-refractivity contribution in [2.75, 3.05) is 17.1 Å². The Hall–Kier alpha value is -3.36. The molecule has 3 aromatic rings. The van der Waals surface area contributed by atoms with Crippen molar-refractivity contribution < 1.29 is 22.7 Å². The molecular weight excluding hydrogens is 440 g/mol. The van der Waals surface area contributed by atoms with E-state index in [-0.39, 0.29) is 22.1 Å². The van der Waals surface area contributed by atoms with Crippen LogP contribution in [0.25, 0.3) is 0 Å². The highest BCUT2D eigenvalue weighted by atomic mass is 35.5. The van der Waals surface area contributed by atoms with Gasteiger partial charge in [0.15, 0.2) is 5.78 Å². The molecule has 0 atom stereocenters. The molecule has 7 nitrogen and oxygen atoms in total. The summed E-state index contributed by atoms with van der Waals surface area (Å²) in [5, 5.41) is 3.14. The molecule has 0 heterocycles. The lowest BCUT2D eigenvalue weighted by atomic mass is 10.1. The Labute approximate surface area is 185 Å². The molecule has 9 heteroatoms. The summed E-state index contributed by atoms with van der Waals surface area (Å²) in [6, 6.07) is 16.5. The monoisotopic (exact) mass is 458 g/mol. The molecule has 31 heavy (non-hydrogen) atoms. The van der Waals surface area contributed by atoms with Crippen molar-refractivity contribution >= 4 is 44.7 Å². The zero-order valence-electron chi connectivity index (χ0n) is 16.7. The summed E-state index contributed by atoms with van der Waals surface area (Å²) in [6.07, 6.45) is 0. The number of ketones is 1. The minimum absolute atomic E-state index is 0.0899. The first-order chi connectivity index (χ1) is 14.7. The highest BCUT2D eigenvalue weighted by Gasteiger charge is 2.19. The van der Waals surface area contributed by atoms with Crippen LogP contribution in [0, 0.1) is 0 Å². The number of carbonyl (C=O) groups excluding carboxylic acids is 2. The number of nitrogens with one attached hydrogen (secondary N) is 2. The molecule has 0 unspecified atom stereocenters. The van der Waals surface area contributed by atoms with Crippen LogP contribution >= 0.6 is 11.6 Å². The summed E-state index contributed by atoms with van der Waals surface area (Å²) in [5.74, 6) is -0.343. The summed E-state index contributed by atoms with van der Waals surface area (Å²) < 4.78 is 33.4. The van der Waals surface area contributed by atoms with E-state index in [2.05, 4.69) is 10.0 Å². The molecule has 2 N–H and O–H groups in total. The van der Waals surface area contributed by atoms with Crippen LogP contribution in [0.4, 0.5) is 11.4 Å². The van der Waals surface area contributed by atoms with E-state index in [1.807, 2.05) is 0 Å². The largest absolute Gasteiger partial charge is 0.495 e. The van der Waals surface area contributed by atoms with Crippen LogP contribution < -0.4 is 14.8 Å². The molecule has 1 amide bonds. The van der Waals surface area contributed by atoms with Crippen molar-refractivity contribution in [2.24, 2.45) is 0 Å². The first kappa shape index (κ1) is 22.3. The normalized spacial score (nSPS) is 10.9. The van der Waals surface area contributed by atoms with Gasteiger partial charge in [0.25, 0.3) is 15.9 Å². The number of hydrogen-bond donors (Lipinski definition) is 2. The fourth-order valence-corrected chi connectivity index (χ4v) is 3.96. The second-order valence-corrected chi connectivity index (χ2v) is 8.68. The molecule has 0 fully saturated rings. The highest BCUT2D eigenvalue weighted by molar-refractivity contribution is 7.92. The second-order valence-electron chi connectivity index (χ2n) is 6.57. The molecule has 0 aliphatic carbocycles. The molecule has 0 spiro atoms. The van der Waals surface area contributed by atoms with Crippen molar-refractivity contribution in [3.05, 3.63) is 82.9 Å². The number of benzene rings is 3. The van der Waals surface area contributed by atoms with Gasteiger partial charge in [0.1, 0.15) is 5.75 Å². The van der Waals surface area contributed by atoms with E-state index < -0.39 is 15.9 Å². The molecule has 3 aromatic carbocycles. The molecule has 0 aliphatic rings. The Morgan fingerprint density at radius 2 is 1.65 bits per heavy atom. The van der Waals surface area contributed by atoms with Crippen LogP contribution in [-0.2, 0) is 10.0 Å². The molecular formula is C22H19ClN2O5S. The van der Waals surface area contributed by atoms with E-state index in [4.69, 9.17) is 16.3 Å². The topological polar surface area (TPSA) is 102 Å². The summed E-state index contributed by atoms with van der Waals surface area (Å²) in [6.45, 7) is 1.40. The molecule has 0 saturated heterocycles. The predicted molar refractivity (Wildman–Crippen MR) is 120 cm³/mol. The van der Waals surface area contributed by atoms with Crippen LogP contribution in [0.5, 0.6) is 5.75 Å². The molecule has 0 radical (unpaired) electrons. The maximum absolute atomic E-state index is 12.9. The lowest BCUT2D eigenvalue weighted by molar-refractivity contribution is 0.101. The van der Waals surface area contributed by atoms with Crippen LogP contribution in [0.1, 0.15) is 27.6 Å². The zero-order valence-corrected chi connectivity index (χ0v) is 18.3. The van der Waals surface area contributed by atoms with E-state index in [0.29, 0.717) is 21.9 Å². The Morgan fingerprint density at radius 3 is 2.29 bits per heavy atom. The van der Waals surface area contributed by atoms with E-state index in [1.54, 1.807) is 36.4 Å². The van der Waals surface area contributed by atoms with Gasteiger partial charge in [-0.25, -0.2) is 8.42 Å². The minimum Gasteiger partial charge on any atom is -0.495 e. The number of halogens is 1. The van der Waals surface area contributed by atoms with Gasteiger partial charge in [-0.15, -0.1) is 0 Å². The second kappa shape index (κ2) is 9.20. The smallest absolute Gasteiger partial charge is 0.261 e. The Morgan fingerprint density at radius 1 is 0.935 bits per heavy atom. The van der Waals surface area contributed by atoms with Gasteiger partial charge in [-0.2, -0.15) is 0 Å². The SMILES string of the molecule is COc1ccc(S(=O)(=O)Nc2cccc(C(C)=O)c2)cc1NC(=O)c1ccc(Cl)cc1. The van der Waals surface area contributed by atoms with Crippen molar-refractivity contribution in [3.8, 4) is 5.75 Å². The Kier molecular flexibility index (Phi) is 6.62. The standard InChI is InChI=1S/C22H19ClN2O5S/c1-14(26)16-4-3-5-18(12-16)25-31(28,29)19-10-11-21(30-2)20(13-19)24-22(27)15-6-8-17(23)9-7-15/h3-13,25H,1-2H3,(H,24,27). The van der Waals surface area contributed by atoms with Crippen molar-refractivity contribution in [2.45, 2.75) is 11.8 Å². The van der Waals surface area contributed by atoms with Crippen LogP contribution in [0.2, 0.25) is 5.02 Å². The first-order valence-corrected chi connectivity index (χ1v) is 10.9. The summed E-state index contributed by atoms with van der Waals surface area (Å²) in [4.78, 5) is 24.0. The van der Waals surface area contributed by atoms with Crippen LogP contribution in [-0.4, -0.2) is 27.2 Å². The number of carbonyl (C=O) groups is 2. The van der Waals surface area contributed by atoms with Crippen LogP contribution in [0.3, 0.4) is 0 Å². The average Bonchev–Trinajstić information content (AvgIpc) is 2.74. The minimum atomic E-state index is -3.99. The van der Waals surface area contributed by atoms with Gasteiger partial charge in [0.05, 0.1) is 17.7 Å². The number of anilines is 2. The molecule has 0 saturated carbocycles. The molecule has 0 aliphatic heterocycles. The number of rotatable bonds is 7. The number of sulfonamides is 1. The summed E-state index contributed by atoms with van der Waals surface area (Å²) >= 11 is 5.84. The fraction of sp³-hybridized carbons (Fsp3) is 0.0909. The van der Waals surface area contributed by atoms with Crippen molar-refractivity contribution in [1.29, 1.82) is 0 Å². The number of hydrogen-bond acceptors (Lipinski definition) is 5. The maximum Gasteiger partial charge on any atom is 0.261 e. The number of ether oxygens (including phenoxy) is 1. The Balaban J connectivity index is 1.89. The molecule has 0 aromatic heterocycles. The highest BCUT2D eigenvalue weighted by Crippen LogP contribution is 2.29. The van der Waals surface area contributed by atoms with E-state index in [1.165, 1.54) is 44.4 Å². The van der Waals surface area contributed by atoms with Crippen LogP contribution in [0.15, 0.2) is 71.6 Å². The zero-order chi connectivity index (χ0) is 22.6. The maximum atomic E-state index is 12.9. The van der Waals surface area contributed by atoms with E-state index in [9.17, 15) is 18.0 Å². The van der Waals surface area contributed by atoms with Gasteiger partial charge in [-0.05, 0) is 61.5 Å². The first-order valence-electron chi connectivity index (χ1n) is 9.08. The lowest BCUT2D eigenvalue weighted by Crippen LogP contribution is -2.16. The number of methoxy groups -OCH3 is 1. The number of amides is 1. The van der Waals surface area contributed by atoms with Crippen molar-refractivity contribution in [3.63, 3.8) is 0 Å². The van der Waals surface area contributed by atoms with Crippen molar-refractivity contribution in [1.82, 2.24) is 0 Å². The van der Waals surface area contributed by atoms with Gasteiger partial charge >= 0.3 is 0 Å². The van der Waals surface area contributed by atoms with Gasteiger partial charge in [0.2, 0.25) is 0 Å². The molecule has 3 rings (SSSR count). The molecule has 160 valence electrons. The fourth-order valence-electron chi connectivity index (χ4n) is 2.76. The predicted octanol–water partition coefficient (Wildman–Crippen LogP) is 4.60. The van der Waals surface area contributed by atoms with Gasteiger partial charge in [-0.1, -0.05) is 23.7 Å². The molecule has 0 bridgehead atoms. The average molecular weight is 459 g/mol. The third kappa shape index (κ3) is 5.42. The van der Waals surface area contributed by atoms with E-state index >= 15 is 0 Å². The van der Waals surface area contributed by atoms with Gasteiger partial charge in [-0.3, -0.25) is 14.3 Å². The third-order valence-corrected chi connectivity index (χ3v) is 5.99. The Bertz CT molecular complexity index is 1240. The quantitative estimate of drug-likeness (QED) is 0.503. The van der Waals surface area contributed by atoms with Gasteiger partial charge in [0, 0.05) is 21.8 Å². The number of Topliss-reactive ketones (excluding diaryl/α,β-unsaturated/α-hetero) is 1. The van der Waals surface area contributed by atoms with E-state index in [0.717, 1.165) is 0 Å².